The van der Waals surface area contributed by atoms with Crippen molar-refractivity contribution >= 4 is 5.91 Å². The number of carbonyl (C=O) groups excluding carboxylic acids is 1. The predicted octanol–water partition coefficient (Wildman–Crippen LogP) is 10.6. The number of unbranched alkanes of at least 4 members (excludes halogenated alkanes) is 27. The van der Waals surface area contributed by atoms with Crippen molar-refractivity contribution in [1.82, 2.24) is 5.32 Å². The topological polar surface area (TPSA) is 110 Å². The fourth-order valence-electron chi connectivity index (χ4n) is 6.57. The molecule has 0 saturated carbocycles. The first-order valence-electron chi connectivity index (χ1n) is 21.1. The van der Waals surface area contributed by atoms with Crippen molar-refractivity contribution in [2.24, 2.45) is 0 Å². The van der Waals surface area contributed by atoms with Gasteiger partial charge in [0.1, 0.15) is 12.2 Å². The predicted molar refractivity (Wildman–Crippen MR) is 205 cm³/mol. The second kappa shape index (κ2) is 37.3. The number of hydrogen-bond donors (Lipinski definition) is 5. The molecule has 1 amide bonds. The number of hydrogen-bond acceptors (Lipinski definition) is 5. The van der Waals surface area contributed by atoms with E-state index in [1.54, 1.807) is 0 Å². The summed E-state index contributed by atoms with van der Waals surface area (Å²) in [5.74, 6) is -0.588. The van der Waals surface area contributed by atoms with Gasteiger partial charge in [-0.05, 0) is 38.5 Å². The lowest BCUT2D eigenvalue weighted by Crippen LogP contribution is -2.53. The number of aliphatic hydroxyl groups excluding tert-OH is 4. The Labute approximate surface area is 298 Å². The van der Waals surface area contributed by atoms with Gasteiger partial charge in [0.05, 0.1) is 18.8 Å². The first-order chi connectivity index (χ1) is 23.5. The second-order valence-corrected chi connectivity index (χ2v) is 14.7. The summed E-state index contributed by atoms with van der Waals surface area (Å²) >= 11 is 0. The molecule has 0 heterocycles. The van der Waals surface area contributed by atoms with Crippen LogP contribution in [0.15, 0.2) is 12.2 Å². The average molecular weight is 682 g/mol. The molecule has 0 bridgehead atoms. The first kappa shape index (κ1) is 47.0. The van der Waals surface area contributed by atoms with Gasteiger partial charge in [-0.15, -0.1) is 0 Å². The van der Waals surface area contributed by atoms with Crippen LogP contribution in [0.25, 0.3) is 0 Å². The summed E-state index contributed by atoms with van der Waals surface area (Å²) in [5, 5.41) is 43.5. The number of rotatable bonds is 38. The number of amides is 1. The molecule has 6 nitrogen and oxygen atoms in total. The molecule has 286 valence electrons. The van der Waals surface area contributed by atoms with E-state index in [4.69, 9.17) is 0 Å². The smallest absolute Gasteiger partial charge is 0.249 e. The quantitative estimate of drug-likeness (QED) is 0.0329. The molecule has 0 fully saturated rings. The van der Waals surface area contributed by atoms with Crippen molar-refractivity contribution < 1.29 is 25.2 Å². The lowest BCUT2D eigenvalue weighted by molar-refractivity contribution is -0.132. The average Bonchev–Trinajstić information content (AvgIpc) is 3.09. The highest BCUT2D eigenvalue weighted by molar-refractivity contribution is 5.80. The summed E-state index contributed by atoms with van der Waals surface area (Å²) in [6.07, 6.45) is 39.6. The van der Waals surface area contributed by atoms with E-state index in [2.05, 4.69) is 31.3 Å². The van der Waals surface area contributed by atoms with Gasteiger partial charge in [0.2, 0.25) is 5.91 Å². The normalized spacial score (nSPS) is 14.4. The van der Waals surface area contributed by atoms with Gasteiger partial charge < -0.3 is 25.7 Å². The Bertz CT molecular complexity index is 687. The van der Waals surface area contributed by atoms with Crippen LogP contribution in [0.1, 0.15) is 219 Å². The van der Waals surface area contributed by atoms with Crippen LogP contribution in [-0.4, -0.2) is 57.3 Å². The highest BCUT2D eigenvalue weighted by Gasteiger charge is 2.28. The van der Waals surface area contributed by atoms with E-state index < -0.39 is 36.9 Å². The molecule has 0 aromatic rings. The highest BCUT2D eigenvalue weighted by Crippen LogP contribution is 2.16. The third-order valence-corrected chi connectivity index (χ3v) is 9.98. The molecule has 0 rings (SSSR count). The number of aliphatic hydroxyl groups is 4. The molecule has 0 aliphatic rings. The highest BCUT2D eigenvalue weighted by atomic mass is 16.3. The third-order valence-electron chi connectivity index (χ3n) is 9.98. The number of carbonyl (C=O) groups is 1. The largest absolute Gasteiger partial charge is 0.394 e. The first-order valence-corrected chi connectivity index (χ1v) is 21.1. The molecule has 4 unspecified atom stereocenters. The molecule has 48 heavy (non-hydrogen) atoms. The van der Waals surface area contributed by atoms with Gasteiger partial charge in [0.25, 0.3) is 0 Å². The van der Waals surface area contributed by atoms with Gasteiger partial charge in [-0.3, -0.25) is 4.79 Å². The molecule has 0 aromatic carbocycles. The summed E-state index contributed by atoms with van der Waals surface area (Å²) in [6.45, 7) is 4.03. The van der Waals surface area contributed by atoms with Crippen molar-refractivity contribution in [2.75, 3.05) is 6.61 Å². The van der Waals surface area contributed by atoms with Crippen LogP contribution < -0.4 is 5.32 Å². The van der Waals surface area contributed by atoms with Gasteiger partial charge in [0, 0.05) is 0 Å². The molecule has 6 heteroatoms. The van der Waals surface area contributed by atoms with E-state index in [1.165, 1.54) is 148 Å². The van der Waals surface area contributed by atoms with Crippen LogP contribution in [0.2, 0.25) is 0 Å². The molecule has 5 N–H and O–H groups in total. The molecule has 0 radical (unpaired) electrons. The minimum absolute atomic E-state index is 0.364. The van der Waals surface area contributed by atoms with Crippen LogP contribution >= 0.6 is 0 Å². The molecular weight excluding hydrogens is 598 g/mol. The fraction of sp³-hybridized carbons (Fsp3) is 0.929. The standard InChI is InChI=1S/C42H83NO5/c1-3-5-7-9-11-13-15-16-17-18-19-20-21-22-23-24-25-26-28-30-32-34-36-40(46)42(48)43-38(37-44)41(47)39(45)35-33-31-29-27-14-12-10-8-6-4-2/h22-23,38-41,44-47H,3-21,24-37H2,1-2H3,(H,43,48)/b23-22-. The van der Waals surface area contributed by atoms with Crippen LogP contribution in [-0.2, 0) is 4.79 Å². The van der Waals surface area contributed by atoms with Crippen LogP contribution in [0.5, 0.6) is 0 Å². The Kier molecular flexibility index (Phi) is 36.6. The van der Waals surface area contributed by atoms with E-state index >= 15 is 0 Å². The van der Waals surface area contributed by atoms with Crippen molar-refractivity contribution in [3.05, 3.63) is 12.2 Å². The van der Waals surface area contributed by atoms with Gasteiger partial charge in [-0.2, -0.15) is 0 Å². The van der Waals surface area contributed by atoms with Crippen molar-refractivity contribution in [2.45, 2.75) is 244 Å². The molecule has 4 atom stereocenters. The molecular formula is C42H83NO5. The zero-order chi connectivity index (χ0) is 35.3. The Hall–Kier alpha value is -0.950. The summed E-state index contributed by atoms with van der Waals surface area (Å²) < 4.78 is 0. The lowest BCUT2D eigenvalue weighted by atomic mass is 9.99. The van der Waals surface area contributed by atoms with Crippen LogP contribution in [0.3, 0.4) is 0 Å². The molecule has 0 aliphatic heterocycles. The van der Waals surface area contributed by atoms with Gasteiger partial charge in [-0.1, -0.05) is 193 Å². The zero-order valence-corrected chi connectivity index (χ0v) is 32.0. The van der Waals surface area contributed by atoms with E-state index in [0.29, 0.717) is 12.8 Å². The summed E-state index contributed by atoms with van der Waals surface area (Å²) in [7, 11) is 0. The minimum Gasteiger partial charge on any atom is -0.394 e. The maximum Gasteiger partial charge on any atom is 0.249 e. The zero-order valence-electron chi connectivity index (χ0n) is 32.0. The number of nitrogens with one attached hydrogen (secondary N) is 1. The monoisotopic (exact) mass is 682 g/mol. The Balaban J connectivity index is 3.70. The molecule has 0 aromatic heterocycles. The molecule has 0 aliphatic carbocycles. The summed E-state index contributed by atoms with van der Waals surface area (Å²) in [6, 6.07) is -0.983. The van der Waals surface area contributed by atoms with E-state index in [1.807, 2.05) is 0 Å². The van der Waals surface area contributed by atoms with Crippen LogP contribution in [0.4, 0.5) is 0 Å². The summed E-state index contributed by atoms with van der Waals surface area (Å²) in [5.41, 5.74) is 0. The molecule has 0 spiro atoms. The van der Waals surface area contributed by atoms with Crippen molar-refractivity contribution in [3.8, 4) is 0 Å². The Morgan fingerprint density at radius 2 is 0.833 bits per heavy atom. The van der Waals surface area contributed by atoms with Crippen molar-refractivity contribution in [1.29, 1.82) is 0 Å². The maximum absolute atomic E-state index is 12.5. The van der Waals surface area contributed by atoms with E-state index in [-0.39, 0.29) is 0 Å². The lowest BCUT2D eigenvalue weighted by Gasteiger charge is -2.27. The van der Waals surface area contributed by atoms with Gasteiger partial charge in [-0.25, -0.2) is 0 Å². The number of allylic oxidation sites excluding steroid dienone is 2. The summed E-state index contributed by atoms with van der Waals surface area (Å²) in [4.78, 5) is 12.5. The maximum atomic E-state index is 12.5. The SMILES string of the molecule is CCCCCCCCCCCCCC/C=C\CCCCCCCCC(O)C(=O)NC(CO)C(O)C(O)CCCCCCCCCCCC. The van der Waals surface area contributed by atoms with Crippen molar-refractivity contribution in [3.63, 3.8) is 0 Å². The molecule has 0 saturated heterocycles. The second-order valence-electron chi connectivity index (χ2n) is 14.7. The van der Waals surface area contributed by atoms with Crippen LogP contribution in [0, 0.1) is 0 Å². The van der Waals surface area contributed by atoms with Gasteiger partial charge in [0.15, 0.2) is 0 Å². The fourth-order valence-corrected chi connectivity index (χ4v) is 6.57. The van der Waals surface area contributed by atoms with E-state index in [9.17, 15) is 25.2 Å². The Morgan fingerprint density at radius 3 is 1.21 bits per heavy atom. The van der Waals surface area contributed by atoms with E-state index in [0.717, 1.165) is 44.9 Å². The third kappa shape index (κ3) is 31.1. The van der Waals surface area contributed by atoms with Gasteiger partial charge >= 0.3 is 0 Å². The minimum atomic E-state index is -1.26. The Morgan fingerprint density at radius 1 is 0.500 bits per heavy atom.